The van der Waals surface area contributed by atoms with E-state index in [1.165, 1.54) is 6.33 Å². The fourth-order valence-corrected chi connectivity index (χ4v) is 2.18. The molecule has 0 saturated heterocycles. The summed E-state index contributed by atoms with van der Waals surface area (Å²) in [6.45, 7) is 2.66. The fourth-order valence-electron chi connectivity index (χ4n) is 1.84. The van der Waals surface area contributed by atoms with E-state index in [-0.39, 0.29) is 5.56 Å². The highest BCUT2D eigenvalue weighted by Gasteiger charge is 2.25. The smallest absolute Gasteiger partial charge is 0.274 e. The number of nitrogens with one attached hydrogen (secondary N) is 3. The van der Waals surface area contributed by atoms with Gasteiger partial charge in [0.1, 0.15) is 5.69 Å². The van der Waals surface area contributed by atoms with Crippen molar-refractivity contribution in [1.82, 2.24) is 15.3 Å². The van der Waals surface area contributed by atoms with Crippen molar-refractivity contribution in [2.75, 3.05) is 37.0 Å². The zero-order valence-electron chi connectivity index (χ0n) is 9.25. The van der Waals surface area contributed by atoms with E-state index in [1.807, 2.05) is 11.8 Å². The number of anilines is 1. The summed E-state index contributed by atoms with van der Waals surface area (Å²) in [6.07, 6.45) is 3.57. The van der Waals surface area contributed by atoms with Crippen LogP contribution in [-0.2, 0) is 0 Å². The average molecular weight is 240 g/mol. The van der Waals surface area contributed by atoms with E-state index >= 15 is 0 Å². The molecule has 0 aliphatic carbocycles. The second-order valence-corrected chi connectivity index (χ2v) is 4.75. The van der Waals surface area contributed by atoms with Gasteiger partial charge in [0.15, 0.2) is 0 Å². The van der Waals surface area contributed by atoms with Gasteiger partial charge in [0.05, 0.1) is 12.0 Å². The quantitative estimate of drug-likeness (QED) is 0.643. The molecule has 1 aliphatic heterocycles. The Kier molecular flexibility index (Phi) is 3.84. The topological polar surface area (TPSA) is 69.8 Å². The van der Waals surface area contributed by atoms with E-state index in [0.717, 1.165) is 31.1 Å². The third kappa shape index (κ3) is 2.38. The first-order valence-electron chi connectivity index (χ1n) is 5.34. The van der Waals surface area contributed by atoms with Crippen LogP contribution < -0.4 is 16.2 Å². The Morgan fingerprint density at radius 3 is 3.38 bits per heavy atom. The van der Waals surface area contributed by atoms with Crippen molar-refractivity contribution in [2.24, 2.45) is 0 Å². The van der Waals surface area contributed by atoms with Gasteiger partial charge < -0.3 is 15.6 Å². The maximum absolute atomic E-state index is 11.5. The second-order valence-electron chi connectivity index (χ2n) is 3.77. The van der Waals surface area contributed by atoms with Gasteiger partial charge in [0.2, 0.25) is 0 Å². The molecule has 2 heterocycles. The lowest BCUT2D eigenvalue weighted by Crippen LogP contribution is -2.25. The zero-order chi connectivity index (χ0) is 11.4. The number of fused-ring (bicyclic) bond motifs is 1. The first kappa shape index (κ1) is 11.5. The SMILES string of the molecule is CSCCNCC1CNc2c1nc[nH]c2=O. The third-order valence-electron chi connectivity index (χ3n) is 2.67. The minimum atomic E-state index is -0.0726. The van der Waals surface area contributed by atoms with Crippen LogP contribution in [-0.4, -0.2) is 41.6 Å². The van der Waals surface area contributed by atoms with Crippen LogP contribution in [0.3, 0.4) is 0 Å². The van der Waals surface area contributed by atoms with Crippen molar-refractivity contribution in [3.63, 3.8) is 0 Å². The Balaban J connectivity index is 1.96. The monoisotopic (exact) mass is 240 g/mol. The highest BCUT2D eigenvalue weighted by Crippen LogP contribution is 2.24. The lowest BCUT2D eigenvalue weighted by atomic mass is 10.1. The van der Waals surface area contributed by atoms with E-state index in [9.17, 15) is 4.79 Å². The molecular formula is C10H16N4OS. The van der Waals surface area contributed by atoms with Gasteiger partial charge >= 0.3 is 0 Å². The molecule has 2 rings (SSSR count). The van der Waals surface area contributed by atoms with Crippen molar-refractivity contribution in [1.29, 1.82) is 0 Å². The van der Waals surface area contributed by atoms with Crippen molar-refractivity contribution in [3.8, 4) is 0 Å². The molecule has 1 aliphatic rings. The number of aromatic nitrogens is 2. The summed E-state index contributed by atoms with van der Waals surface area (Å²) in [4.78, 5) is 18.3. The van der Waals surface area contributed by atoms with Crippen LogP contribution in [0.5, 0.6) is 0 Å². The minimum Gasteiger partial charge on any atom is -0.378 e. The molecule has 3 N–H and O–H groups in total. The number of hydrogen-bond donors (Lipinski definition) is 3. The van der Waals surface area contributed by atoms with Crippen LogP contribution in [0.4, 0.5) is 5.69 Å². The predicted octanol–water partition coefficient (Wildman–Crippen LogP) is 0.232. The molecule has 0 radical (unpaired) electrons. The number of thioether (sulfide) groups is 1. The normalized spacial score (nSPS) is 18.2. The van der Waals surface area contributed by atoms with E-state index in [1.54, 1.807) is 0 Å². The molecule has 0 fully saturated rings. The second kappa shape index (κ2) is 5.36. The summed E-state index contributed by atoms with van der Waals surface area (Å²) < 4.78 is 0. The van der Waals surface area contributed by atoms with Crippen molar-refractivity contribution in [2.45, 2.75) is 5.92 Å². The van der Waals surface area contributed by atoms with E-state index in [0.29, 0.717) is 11.6 Å². The summed E-state index contributed by atoms with van der Waals surface area (Å²) in [6, 6.07) is 0. The molecule has 1 aromatic rings. The Labute approximate surface area is 98.4 Å². The number of nitrogens with zero attached hydrogens (tertiary/aromatic N) is 1. The maximum atomic E-state index is 11.5. The fraction of sp³-hybridized carbons (Fsp3) is 0.600. The van der Waals surface area contributed by atoms with Crippen molar-refractivity contribution < 1.29 is 0 Å². The molecule has 1 unspecified atom stereocenters. The lowest BCUT2D eigenvalue weighted by Gasteiger charge is -2.09. The molecule has 0 aromatic carbocycles. The minimum absolute atomic E-state index is 0.0726. The van der Waals surface area contributed by atoms with Crippen LogP contribution in [0.2, 0.25) is 0 Å². The molecule has 16 heavy (non-hydrogen) atoms. The van der Waals surface area contributed by atoms with Gasteiger partial charge in [0, 0.05) is 31.3 Å². The van der Waals surface area contributed by atoms with Crippen molar-refractivity contribution in [3.05, 3.63) is 22.4 Å². The van der Waals surface area contributed by atoms with Gasteiger partial charge in [-0.05, 0) is 6.26 Å². The lowest BCUT2D eigenvalue weighted by molar-refractivity contribution is 0.624. The highest BCUT2D eigenvalue weighted by atomic mass is 32.2. The Hall–Kier alpha value is -1.01. The van der Waals surface area contributed by atoms with Crippen LogP contribution in [0, 0.1) is 0 Å². The third-order valence-corrected chi connectivity index (χ3v) is 3.28. The van der Waals surface area contributed by atoms with Gasteiger partial charge in [0.25, 0.3) is 5.56 Å². The molecule has 0 spiro atoms. The molecule has 0 bridgehead atoms. The van der Waals surface area contributed by atoms with Crippen LogP contribution in [0.1, 0.15) is 11.6 Å². The molecule has 1 aromatic heterocycles. The van der Waals surface area contributed by atoms with Crippen molar-refractivity contribution >= 4 is 17.4 Å². The molecule has 6 heteroatoms. The molecule has 5 nitrogen and oxygen atoms in total. The first-order chi connectivity index (χ1) is 7.83. The van der Waals surface area contributed by atoms with Gasteiger partial charge in [-0.3, -0.25) is 4.79 Å². The number of rotatable bonds is 5. The van der Waals surface area contributed by atoms with Gasteiger partial charge in [-0.1, -0.05) is 0 Å². The Morgan fingerprint density at radius 1 is 1.69 bits per heavy atom. The molecule has 0 amide bonds. The molecule has 88 valence electrons. The molecule has 0 saturated carbocycles. The molecular weight excluding hydrogens is 224 g/mol. The van der Waals surface area contributed by atoms with E-state index < -0.39 is 0 Å². The maximum Gasteiger partial charge on any atom is 0.274 e. The predicted molar refractivity (Wildman–Crippen MR) is 67.3 cm³/mol. The van der Waals surface area contributed by atoms with Gasteiger partial charge in [-0.25, -0.2) is 4.98 Å². The highest BCUT2D eigenvalue weighted by molar-refractivity contribution is 7.98. The van der Waals surface area contributed by atoms with Gasteiger partial charge in [-0.15, -0.1) is 0 Å². The summed E-state index contributed by atoms with van der Waals surface area (Å²) >= 11 is 1.82. The number of aromatic amines is 1. The summed E-state index contributed by atoms with van der Waals surface area (Å²) in [5.41, 5.74) is 1.45. The van der Waals surface area contributed by atoms with Crippen LogP contribution >= 0.6 is 11.8 Å². The number of hydrogen-bond acceptors (Lipinski definition) is 5. The van der Waals surface area contributed by atoms with Crippen LogP contribution in [0.15, 0.2) is 11.1 Å². The Bertz CT molecular complexity index is 406. The van der Waals surface area contributed by atoms with Crippen LogP contribution in [0.25, 0.3) is 0 Å². The summed E-state index contributed by atoms with van der Waals surface area (Å²) in [5, 5.41) is 6.48. The first-order valence-corrected chi connectivity index (χ1v) is 6.73. The standard InChI is InChI=1S/C10H16N4OS/c1-16-3-2-11-4-7-5-12-9-8(7)13-6-14-10(9)15/h6-7,11-12H,2-5H2,1H3,(H,13,14,15). The summed E-state index contributed by atoms with van der Waals surface area (Å²) in [5.74, 6) is 1.41. The molecule has 1 atom stereocenters. The zero-order valence-corrected chi connectivity index (χ0v) is 10.1. The van der Waals surface area contributed by atoms with Gasteiger partial charge in [-0.2, -0.15) is 11.8 Å². The van der Waals surface area contributed by atoms with E-state index in [2.05, 4.69) is 26.9 Å². The number of H-pyrrole nitrogens is 1. The summed E-state index contributed by atoms with van der Waals surface area (Å²) in [7, 11) is 0. The largest absolute Gasteiger partial charge is 0.378 e. The average Bonchev–Trinajstić information content (AvgIpc) is 2.70. The Morgan fingerprint density at radius 2 is 2.56 bits per heavy atom. The van der Waals surface area contributed by atoms with E-state index in [4.69, 9.17) is 0 Å².